The third-order valence-corrected chi connectivity index (χ3v) is 5.65. The second-order valence-corrected chi connectivity index (χ2v) is 7.68. The number of benzene rings is 1. The number of nitrogens with zero attached hydrogens (tertiary/aromatic N) is 3. The van der Waals surface area contributed by atoms with E-state index in [9.17, 15) is 9.59 Å². The second kappa shape index (κ2) is 9.23. The molecule has 0 N–H and O–H groups in total. The van der Waals surface area contributed by atoms with E-state index in [0.29, 0.717) is 18.0 Å². The summed E-state index contributed by atoms with van der Waals surface area (Å²) in [5.74, 6) is -0.289. The molecule has 0 bridgehead atoms. The molecule has 3 aromatic rings. The van der Waals surface area contributed by atoms with Crippen molar-refractivity contribution in [3.05, 3.63) is 48.0 Å². The molecule has 1 atom stereocenters. The standard InChI is InChI=1S/C22H21N3O5S/c1-14(22(27)29-10-9-28-2)25-18-11-15(6-7-19(18)30-12-20(25)26)17-13-31-21(24-17)16-5-3-4-8-23-16/h3-8,11,13-14H,9-10,12H2,1-2H3. The number of aromatic nitrogens is 2. The van der Waals surface area contributed by atoms with Gasteiger partial charge < -0.3 is 14.2 Å². The summed E-state index contributed by atoms with van der Waals surface area (Å²) in [5.41, 5.74) is 2.86. The molecule has 31 heavy (non-hydrogen) atoms. The molecule has 0 radical (unpaired) electrons. The fourth-order valence-electron chi connectivity index (χ4n) is 3.22. The summed E-state index contributed by atoms with van der Waals surface area (Å²) in [6, 6.07) is 10.3. The van der Waals surface area contributed by atoms with Gasteiger partial charge in [0.05, 0.1) is 23.7 Å². The van der Waals surface area contributed by atoms with Gasteiger partial charge in [-0.05, 0) is 37.3 Å². The van der Waals surface area contributed by atoms with E-state index in [0.717, 1.165) is 22.0 Å². The van der Waals surface area contributed by atoms with Gasteiger partial charge >= 0.3 is 5.97 Å². The Labute approximate surface area is 183 Å². The molecule has 0 saturated heterocycles. The minimum Gasteiger partial charge on any atom is -0.482 e. The monoisotopic (exact) mass is 439 g/mol. The molecular weight excluding hydrogens is 418 g/mol. The highest BCUT2D eigenvalue weighted by molar-refractivity contribution is 7.13. The van der Waals surface area contributed by atoms with Crippen molar-refractivity contribution in [2.24, 2.45) is 0 Å². The smallest absolute Gasteiger partial charge is 0.329 e. The number of fused-ring (bicyclic) bond motifs is 1. The number of rotatable bonds is 7. The number of esters is 1. The first-order chi connectivity index (χ1) is 15.1. The van der Waals surface area contributed by atoms with E-state index in [1.165, 1.54) is 23.3 Å². The molecule has 4 rings (SSSR count). The third-order valence-electron chi connectivity index (χ3n) is 4.78. The average molecular weight is 439 g/mol. The average Bonchev–Trinajstić information content (AvgIpc) is 3.29. The van der Waals surface area contributed by atoms with Gasteiger partial charge in [-0.3, -0.25) is 14.7 Å². The van der Waals surface area contributed by atoms with Crippen molar-refractivity contribution in [2.45, 2.75) is 13.0 Å². The molecule has 1 aliphatic heterocycles. The van der Waals surface area contributed by atoms with Gasteiger partial charge in [0.15, 0.2) is 6.61 Å². The fourth-order valence-corrected chi connectivity index (χ4v) is 4.02. The van der Waals surface area contributed by atoms with Crippen LogP contribution in [0.1, 0.15) is 6.92 Å². The summed E-state index contributed by atoms with van der Waals surface area (Å²) in [7, 11) is 1.53. The van der Waals surface area contributed by atoms with Crippen molar-refractivity contribution < 1.29 is 23.8 Å². The molecular formula is C22H21N3O5S. The molecule has 3 heterocycles. The number of methoxy groups -OCH3 is 1. The molecule has 1 aromatic carbocycles. The van der Waals surface area contributed by atoms with Crippen LogP contribution in [0, 0.1) is 0 Å². The zero-order valence-electron chi connectivity index (χ0n) is 17.1. The molecule has 1 amide bonds. The maximum absolute atomic E-state index is 12.6. The van der Waals surface area contributed by atoms with E-state index >= 15 is 0 Å². The van der Waals surface area contributed by atoms with Crippen molar-refractivity contribution in [2.75, 3.05) is 31.8 Å². The third kappa shape index (κ3) is 4.42. The Bertz CT molecular complexity index is 1090. The van der Waals surface area contributed by atoms with Gasteiger partial charge in [0, 0.05) is 24.3 Å². The Balaban J connectivity index is 1.63. The van der Waals surface area contributed by atoms with E-state index in [4.69, 9.17) is 14.2 Å². The zero-order valence-corrected chi connectivity index (χ0v) is 17.9. The summed E-state index contributed by atoms with van der Waals surface area (Å²) < 4.78 is 15.7. The Morgan fingerprint density at radius 1 is 1.26 bits per heavy atom. The van der Waals surface area contributed by atoms with Crippen molar-refractivity contribution in [1.29, 1.82) is 0 Å². The number of anilines is 1. The molecule has 8 nitrogen and oxygen atoms in total. The lowest BCUT2D eigenvalue weighted by atomic mass is 10.1. The molecule has 2 aromatic heterocycles. The number of ether oxygens (including phenoxy) is 3. The maximum Gasteiger partial charge on any atom is 0.329 e. The lowest BCUT2D eigenvalue weighted by Gasteiger charge is -2.33. The van der Waals surface area contributed by atoms with Gasteiger partial charge in [-0.25, -0.2) is 9.78 Å². The van der Waals surface area contributed by atoms with Gasteiger partial charge in [-0.1, -0.05) is 6.07 Å². The number of carbonyl (C=O) groups excluding carboxylic acids is 2. The molecule has 1 aliphatic rings. The van der Waals surface area contributed by atoms with E-state index in [2.05, 4.69) is 9.97 Å². The summed E-state index contributed by atoms with van der Waals surface area (Å²) in [5, 5.41) is 2.73. The summed E-state index contributed by atoms with van der Waals surface area (Å²) in [6.45, 7) is 1.91. The van der Waals surface area contributed by atoms with Crippen molar-refractivity contribution in [3.63, 3.8) is 0 Å². The highest BCUT2D eigenvalue weighted by atomic mass is 32.1. The quantitative estimate of drug-likeness (QED) is 0.412. The van der Waals surface area contributed by atoms with Crippen LogP contribution in [0.25, 0.3) is 22.0 Å². The molecule has 0 aliphatic carbocycles. The predicted octanol–water partition coefficient (Wildman–Crippen LogP) is 3.18. The Hall–Kier alpha value is -3.30. The van der Waals surface area contributed by atoms with Crippen molar-refractivity contribution in [3.8, 4) is 27.7 Å². The fraction of sp³-hybridized carbons (Fsp3) is 0.273. The minimum atomic E-state index is -0.804. The molecule has 0 saturated carbocycles. The highest BCUT2D eigenvalue weighted by Crippen LogP contribution is 2.38. The first-order valence-electron chi connectivity index (χ1n) is 9.70. The normalized spacial score (nSPS) is 14.0. The Morgan fingerprint density at radius 3 is 2.90 bits per heavy atom. The number of hydrogen-bond donors (Lipinski definition) is 0. The summed E-state index contributed by atoms with van der Waals surface area (Å²) in [6.07, 6.45) is 1.73. The van der Waals surface area contributed by atoms with Crippen LogP contribution in [0.4, 0.5) is 5.69 Å². The van der Waals surface area contributed by atoms with Crippen LogP contribution >= 0.6 is 11.3 Å². The number of thiazole rings is 1. The van der Waals surface area contributed by atoms with E-state index in [-0.39, 0.29) is 19.1 Å². The summed E-state index contributed by atoms with van der Waals surface area (Å²) >= 11 is 1.49. The van der Waals surface area contributed by atoms with Crippen LogP contribution in [-0.4, -0.2) is 54.8 Å². The first kappa shape index (κ1) is 21.0. The van der Waals surface area contributed by atoms with Crippen molar-refractivity contribution in [1.82, 2.24) is 9.97 Å². The van der Waals surface area contributed by atoms with Crippen LogP contribution < -0.4 is 9.64 Å². The van der Waals surface area contributed by atoms with Gasteiger partial charge in [-0.15, -0.1) is 11.3 Å². The van der Waals surface area contributed by atoms with E-state index in [1.807, 2.05) is 35.7 Å². The van der Waals surface area contributed by atoms with E-state index < -0.39 is 12.0 Å². The van der Waals surface area contributed by atoms with Crippen LogP contribution in [0.2, 0.25) is 0 Å². The Kier molecular flexibility index (Phi) is 6.24. The number of amides is 1. The van der Waals surface area contributed by atoms with Crippen molar-refractivity contribution >= 4 is 28.9 Å². The van der Waals surface area contributed by atoms with Crippen LogP contribution in [0.5, 0.6) is 5.75 Å². The highest BCUT2D eigenvalue weighted by Gasteiger charge is 2.34. The zero-order chi connectivity index (χ0) is 21.8. The molecule has 0 fully saturated rings. The second-order valence-electron chi connectivity index (χ2n) is 6.82. The van der Waals surface area contributed by atoms with Crippen LogP contribution in [0.3, 0.4) is 0 Å². The topological polar surface area (TPSA) is 90.9 Å². The SMILES string of the molecule is COCCOC(=O)C(C)N1C(=O)COc2ccc(-c3csc(-c4ccccn4)n3)cc21. The number of pyridine rings is 1. The number of hydrogen-bond acceptors (Lipinski definition) is 8. The first-order valence-corrected chi connectivity index (χ1v) is 10.6. The minimum absolute atomic E-state index is 0.125. The molecule has 9 heteroatoms. The van der Waals surface area contributed by atoms with E-state index in [1.54, 1.807) is 19.2 Å². The van der Waals surface area contributed by atoms with Gasteiger partial charge in [0.2, 0.25) is 0 Å². The van der Waals surface area contributed by atoms with Gasteiger partial charge in [0.25, 0.3) is 5.91 Å². The molecule has 160 valence electrons. The number of carbonyl (C=O) groups is 2. The van der Waals surface area contributed by atoms with Gasteiger partial charge in [0.1, 0.15) is 23.4 Å². The van der Waals surface area contributed by atoms with Gasteiger partial charge in [-0.2, -0.15) is 0 Å². The lowest BCUT2D eigenvalue weighted by Crippen LogP contribution is -2.48. The van der Waals surface area contributed by atoms with Crippen LogP contribution in [-0.2, 0) is 19.1 Å². The molecule has 1 unspecified atom stereocenters. The maximum atomic E-state index is 12.6. The lowest BCUT2D eigenvalue weighted by molar-refractivity contribution is -0.147. The predicted molar refractivity (Wildman–Crippen MR) is 116 cm³/mol. The largest absolute Gasteiger partial charge is 0.482 e. The van der Waals surface area contributed by atoms with Crippen LogP contribution in [0.15, 0.2) is 48.0 Å². The Morgan fingerprint density at radius 2 is 2.13 bits per heavy atom. The summed E-state index contributed by atoms with van der Waals surface area (Å²) in [4.78, 5) is 35.5. The molecule has 0 spiro atoms.